The van der Waals surface area contributed by atoms with Crippen molar-refractivity contribution in [3.05, 3.63) is 35.9 Å². The van der Waals surface area contributed by atoms with E-state index in [9.17, 15) is 19.2 Å². The summed E-state index contributed by atoms with van der Waals surface area (Å²) in [5.41, 5.74) is 0.846. The molecule has 0 aliphatic carbocycles. The van der Waals surface area contributed by atoms with Crippen molar-refractivity contribution in [2.45, 2.75) is 174 Å². The maximum absolute atomic E-state index is 13.5. The molecule has 4 N–H and O–H groups in total. The Hall–Kier alpha value is -3.10. The summed E-state index contributed by atoms with van der Waals surface area (Å²) in [6, 6.07) is 7.03. The summed E-state index contributed by atoms with van der Waals surface area (Å²) >= 11 is 0. The van der Waals surface area contributed by atoms with Crippen molar-refractivity contribution >= 4 is 23.8 Å². The predicted octanol–water partition coefficient (Wildman–Crippen LogP) is 7.86. The molecule has 47 heavy (non-hydrogen) atoms. The number of unbranched alkanes of at least 4 members (excludes halogenated alkanes) is 12. The topological polar surface area (TPSA) is 126 Å². The van der Waals surface area contributed by atoms with Crippen LogP contribution in [0.2, 0.25) is 0 Å². The van der Waals surface area contributed by atoms with Gasteiger partial charge in [0, 0.05) is 6.54 Å². The van der Waals surface area contributed by atoms with E-state index in [-0.39, 0.29) is 18.4 Å². The van der Waals surface area contributed by atoms with Gasteiger partial charge in [-0.1, -0.05) is 154 Å². The van der Waals surface area contributed by atoms with E-state index in [1.807, 2.05) is 44.2 Å². The molecule has 0 aliphatic heterocycles. The molecule has 3 unspecified atom stereocenters. The lowest BCUT2D eigenvalue weighted by atomic mass is 10.0. The van der Waals surface area contributed by atoms with Crippen LogP contribution < -0.4 is 21.3 Å². The van der Waals surface area contributed by atoms with Crippen LogP contribution in [0.1, 0.15) is 155 Å². The van der Waals surface area contributed by atoms with Crippen molar-refractivity contribution < 1.29 is 23.9 Å². The molecule has 1 aromatic rings. The van der Waals surface area contributed by atoms with Crippen LogP contribution in [0.3, 0.4) is 0 Å². The number of hydrogen-bond donors (Lipinski definition) is 4. The van der Waals surface area contributed by atoms with Gasteiger partial charge in [-0.05, 0) is 31.2 Å². The fourth-order valence-electron chi connectivity index (χ4n) is 5.43. The standard InChI is InChI=1S/C38H66N4O5/c1-5-9-13-14-15-16-17-18-19-23-29-39-35(43)32(26-10-6-2)40-36(44)33(27-11-7-3)41-37(45)34(28-12-8-4)42-38(46)47-30-31-24-21-20-22-25-31/h20-22,24-25,32-34H,5-19,23,26-30H2,1-4H3,(H,39,43)(H,40,44)(H,41,45)(H,42,46). The first-order valence-corrected chi connectivity index (χ1v) is 18.7. The van der Waals surface area contributed by atoms with Gasteiger partial charge in [0.05, 0.1) is 0 Å². The number of amides is 4. The highest BCUT2D eigenvalue weighted by Crippen LogP contribution is 2.11. The van der Waals surface area contributed by atoms with Gasteiger partial charge < -0.3 is 26.0 Å². The molecule has 0 aromatic heterocycles. The highest BCUT2D eigenvalue weighted by Gasteiger charge is 2.29. The first kappa shape index (κ1) is 41.9. The van der Waals surface area contributed by atoms with Crippen molar-refractivity contribution in [3.63, 3.8) is 0 Å². The number of alkyl carbamates (subject to hydrolysis) is 1. The molecular weight excluding hydrogens is 592 g/mol. The van der Waals surface area contributed by atoms with E-state index in [0.29, 0.717) is 25.8 Å². The van der Waals surface area contributed by atoms with Gasteiger partial charge in [0.1, 0.15) is 24.7 Å². The van der Waals surface area contributed by atoms with Gasteiger partial charge in [0.25, 0.3) is 0 Å². The summed E-state index contributed by atoms with van der Waals surface area (Å²) in [6.07, 6.45) is 17.9. The van der Waals surface area contributed by atoms with E-state index >= 15 is 0 Å². The lowest BCUT2D eigenvalue weighted by molar-refractivity contribution is -0.133. The second-order valence-corrected chi connectivity index (χ2v) is 12.8. The second kappa shape index (κ2) is 28.0. The Morgan fingerprint density at radius 1 is 0.532 bits per heavy atom. The molecule has 1 aromatic carbocycles. The summed E-state index contributed by atoms with van der Waals surface area (Å²) in [4.78, 5) is 52.7. The monoisotopic (exact) mass is 659 g/mol. The Bertz CT molecular complexity index is 974. The minimum absolute atomic E-state index is 0.0940. The number of benzene rings is 1. The van der Waals surface area contributed by atoms with Gasteiger partial charge in [0.15, 0.2) is 0 Å². The van der Waals surface area contributed by atoms with Crippen LogP contribution in [0.25, 0.3) is 0 Å². The number of nitrogens with one attached hydrogen (secondary N) is 4. The van der Waals surface area contributed by atoms with Crippen LogP contribution in [0.15, 0.2) is 30.3 Å². The average molecular weight is 659 g/mol. The van der Waals surface area contributed by atoms with Gasteiger partial charge >= 0.3 is 6.09 Å². The summed E-state index contributed by atoms with van der Waals surface area (Å²) in [5.74, 6) is -0.975. The van der Waals surface area contributed by atoms with Gasteiger partial charge in [-0.15, -0.1) is 0 Å². The maximum Gasteiger partial charge on any atom is 0.408 e. The highest BCUT2D eigenvalue weighted by molar-refractivity contribution is 5.93. The molecule has 0 bridgehead atoms. The average Bonchev–Trinajstić information content (AvgIpc) is 3.08. The van der Waals surface area contributed by atoms with Crippen LogP contribution in [0.5, 0.6) is 0 Å². The maximum atomic E-state index is 13.5. The fourth-order valence-corrected chi connectivity index (χ4v) is 5.43. The minimum Gasteiger partial charge on any atom is -0.445 e. The lowest BCUT2D eigenvalue weighted by Crippen LogP contribution is -2.56. The molecule has 0 saturated heterocycles. The summed E-state index contributed by atoms with van der Waals surface area (Å²) < 4.78 is 5.35. The summed E-state index contributed by atoms with van der Waals surface area (Å²) in [5, 5.41) is 11.5. The van der Waals surface area contributed by atoms with Gasteiger partial charge in [0.2, 0.25) is 17.7 Å². The van der Waals surface area contributed by atoms with Crippen molar-refractivity contribution in [2.24, 2.45) is 0 Å². The van der Waals surface area contributed by atoms with E-state index in [4.69, 9.17) is 4.74 Å². The normalized spacial score (nSPS) is 12.9. The van der Waals surface area contributed by atoms with Crippen molar-refractivity contribution in [3.8, 4) is 0 Å². The zero-order valence-electron chi connectivity index (χ0n) is 30.0. The third-order valence-corrected chi connectivity index (χ3v) is 8.46. The van der Waals surface area contributed by atoms with E-state index in [2.05, 4.69) is 35.1 Å². The molecule has 0 spiro atoms. The number of ether oxygens (including phenoxy) is 1. The molecule has 0 saturated carbocycles. The quantitative estimate of drug-likeness (QED) is 0.0682. The van der Waals surface area contributed by atoms with E-state index in [1.165, 1.54) is 51.4 Å². The zero-order chi connectivity index (χ0) is 34.5. The number of carbonyl (C=O) groups is 4. The van der Waals surface area contributed by atoms with Gasteiger partial charge in [-0.25, -0.2) is 4.79 Å². The molecular formula is C38H66N4O5. The van der Waals surface area contributed by atoms with Gasteiger partial charge in [-0.2, -0.15) is 0 Å². The van der Waals surface area contributed by atoms with Crippen LogP contribution in [0.4, 0.5) is 4.79 Å². The highest BCUT2D eigenvalue weighted by atomic mass is 16.5. The molecule has 9 heteroatoms. The first-order chi connectivity index (χ1) is 22.9. The van der Waals surface area contributed by atoms with Crippen LogP contribution in [-0.4, -0.2) is 48.5 Å². The van der Waals surface area contributed by atoms with Crippen molar-refractivity contribution in [1.82, 2.24) is 21.3 Å². The Balaban J connectivity index is 2.69. The largest absolute Gasteiger partial charge is 0.445 e. The predicted molar refractivity (Wildman–Crippen MR) is 191 cm³/mol. The van der Waals surface area contributed by atoms with Crippen LogP contribution >= 0.6 is 0 Å². The molecule has 0 aliphatic rings. The fraction of sp³-hybridized carbons (Fsp3) is 0.737. The van der Waals surface area contributed by atoms with Crippen molar-refractivity contribution in [2.75, 3.05) is 6.54 Å². The number of hydrogen-bond acceptors (Lipinski definition) is 5. The molecule has 3 atom stereocenters. The zero-order valence-corrected chi connectivity index (χ0v) is 30.0. The molecule has 0 radical (unpaired) electrons. The van der Waals surface area contributed by atoms with Gasteiger partial charge in [-0.3, -0.25) is 14.4 Å². The number of carbonyl (C=O) groups excluding carboxylic acids is 4. The second-order valence-electron chi connectivity index (χ2n) is 12.8. The molecule has 4 amide bonds. The Labute approximate surface area is 285 Å². The van der Waals surface area contributed by atoms with E-state index in [1.54, 1.807) is 0 Å². The SMILES string of the molecule is CCCCCCCCCCCCNC(=O)C(CCCC)NC(=O)C(CCCC)NC(=O)C(CCCC)NC(=O)OCc1ccccc1. The third-order valence-electron chi connectivity index (χ3n) is 8.46. The van der Waals surface area contributed by atoms with Crippen LogP contribution in [-0.2, 0) is 25.7 Å². The molecule has 9 nitrogen and oxygen atoms in total. The summed E-state index contributed by atoms with van der Waals surface area (Å²) in [7, 11) is 0. The lowest BCUT2D eigenvalue weighted by Gasteiger charge is -2.25. The minimum atomic E-state index is -0.838. The van der Waals surface area contributed by atoms with Crippen LogP contribution in [0, 0.1) is 0 Å². The Kier molecular flexibility index (Phi) is 24.9. The molecule has 0 heterocycles. The van der Waals surface area contributed by atoms with Crippen molar-refractivity contribution in [1.29, 1.82) is 0 Å². The Morgan fingerprint density at radius 3 is 1.45 bits per heavy atom. The molecule has 0 fully saturated rings. The summed E-state index contributed by atoms with van der Waals surface area (Å²) in [6.45, 7) is 9.02. The Morgan fingerprint density at radius 2 is 0.957 bits per heavy atom. The number of rotatable bonds is 28. The smallest absolute Gasteiger partial charge is 0.408 e. The first-order valence-electron chi connectivity index (χ1n) is 18.7. The molecule has 268 valence electrons. The third kappa shape index (κ3) is 20.7. The van der Waals surface area contributed by atoms with E-state index < -0.39 is 30.1 Å². The molecule has 1 rings (SSSR count). The van der Waals surface area contributed by atoms with E-state index in [0.717, 1.165) is 56.9 Å².